The zero-order valence-electron chi connectivity index (χ0n) is 21.3. The Morgan fingerprint density at radius 2 is 1.24 bits per heavy atom. The molecule has 0 spiro atoms. The van der Waals surface area contributed by atoms with Crippen molar-refractivity contribution in [1.29, 1.82) is 0 Å². The fourth-order valence-corrected chi connectivity index (χ4v) is 5.44. The Kier molecular flexibility index (Phi) is 8.83. The second-order valence-electron chi connectivity index (χ2n) is 10.0. The number of aliphatic hydroxyl groups is 2. The van der Waals surface area contributed by atoms with Gasteiger partial charge in [-0.3, -0.25) is 4.79 Å². The SMILES string of the molecule is O=C1[C@H](O)[C@H](O)C[C@@H]2C[C@@H](OCc3ccccc3)[C@@H](OCc3ccccc3)[C@H](COCc3ccccc3)N12. The topological polar surface area (TPSA) is 88.5 Å². The van der Waals surface area contributed by atoms with Crippen LogP contribution in [0.4, 0.5) is 0 Å². The molecule has 2 aliphatic heterocycles. The molecule has 2 fully saturated rings. The van der Waals surface area contributed by atoms with Crippen molar-refractivity contribution in [1.82, 2.24) is 4.90 Å². The van der Waals surface area contributed by atoms with Gasteiger partial charge in [-0.2, -0.15) is 0 Å². The zero-order chi connectivity index (χ0) is 26.3. The van der Waals surface area contributed by atoms with Gasteiger partial charge in [-0.1, -0.05) is 91.0 Å². The van der Waals surface area contributed by atoms with Crippen molar-refractivity contribution < 1.29 is 29.2 Å². The first kappa shape index (κ1) is 26.5. The normalized spacial score (nSPS) is 27.2. The number of piperidine rings is 2. The van der Waals surface area contributed by atoms with Crippen molar-refractivity contribution in [3.05, 3.63) is 108 Å². The summed E-state index contributed by atoms with van der Waals surface area (Å²) in [5.41, 5.74) is 3.09. The van der Waals surface area contributed by atoms with Crippen LogP contribution < -0.4 is 0 Å². The first-order chi connectivity index (χ1) is 18.6. The lowest BCUT2D eigenvalue weighted by atomic mass is 9.83. The van der Waals surface area contributed by atoms with E-state index in [-0.39, 0.29) is 25.2 Å². The number of nitrogens with zero attached hydrogens (tertiary/aromatic N) is 1. The largest absolute Gasteiger partial charge is 0.390 e. The summed E-state index contributed by atoms with van der Waals surface area (Å²) in [6.45, 7) is 1.35. The predicted molar refractivity (Wildman–Crippen MR) is 142 cm³/mol. The molecule has 3 aromatic rings. The average Bonchev–Trinajstić information content (AvgIpc) is 2.95. The molecule has 0 radical (unpaired) electrons. The maximum absolute atomic E-state index is 13.3. The number of benzene rings is 3. The molecule has 0 saturated carbocycles. The molecule has 7 heteroatoms. The van der Waals surface area contributed by atoms with Gasteiger partial charge in [-0.25, -0.2) is 0 Å². The number of rotatable bonds is 10. The third-order valence-electron chi connectivity index (χ3n) is 7.38. The number of hydrogen-bond donors (Lipinski definition) is 2. The average molecular weight is 518 g/mol. The summed E-state index contributed by atoms with van der Waals surface area (Å²) < 4.78 is 19.1. The number of amides is 1. The van der Waals surface area contributed by atoms with Gasteiger partial charge in [-0.15, -0.1) is 0 Å². The maximum Gasteiger partial charge on any atom is 0.254 e. The number of ether oxygens (including phenoxy) is 3. The molecule has 3 aromatic carbocycles. The lowest BCUT2D eigenvalue weighted by molar-refractivity contribution is -0.202. The van der Waals surface area contributed by atoms with Gasteiger partial charge >= 0.3 is 0 Å². The number of fused-ring (bicyclic) bond motifs is 1. The Bertz CT molecular complexity index is 1140. The van der Waals surface area contributed by atoms with Crippen LogP contribution in [0.5, 0.6) is 0 Å². The molecular weight excluding hydrogens is 482 g/mol. The number of carbonyl (C=O) groups is 1. The minimum absolute atomic E-state index is 0.213. The molecule has 0 bridgehead atoms. The third kappa shape index (κ3) is 6.31. The molecule has 2 saturated heterocycles. The van der Waals surface area contributed by atoms with Crippen LogP contribution in [0, 0.1) is 0 Å². The minimum Gasteiger partial charge on any atom is -0.390 e. The number of aliphatic hydroxyl groups excluding tert-OH is 2. The Hall–Kier alpha value is -3.07. The van der Waals surface area contributed by atoms with Crippen LogP contribution in [-0.4, -0.2) is 64.1 Å². The van der Waals surface area contributed by atoms with Gasteiger partial charge in [0, 0.05) is 6.04 Å². The van der Waals surface area contributed by atoms with E-state index in [9.17, 15) is 15.0 Å². The van der Waals surface area contributed by atoms with Crippen LogP contribution in [0.25, 0.3) is 0 Å². The highest BCUT2D eigenvalue weighted by Gasteiger charge is 2.52. The first-order valence-electron chi connectivity index (χ1n) is 13.2. The van der Waals surface area contributed by atoms with E-state index in [2.05, 4.69) is 0 Å². The lowest BCUT2D eigenvalue weighted by Gasteiger charge is -2.52. The van der Waals surface area contributed by atoms with Crippen molar-refractivity contribution in [3.8, 4) is 0 Å². The highest BCUT2D eigenvalue weighted by Crippen LogP contribution is 2.35. The molecule has 0 unspecified atom stereocenters. The summed E-state index contributed by atoms with van der Waals surface area (Å²) in [5.74, 6) is -0.489. The summed E-state index contributed by atoms with van der Waals surface area (Å²) in [6, 6.07) is 28.9. The van der Waals surface area contributed by atoms with E-state index >= 15 is 0 Å². The maximum atomic E-state index is 13.3. The Labute approximate surface area is 223 Å². The van der Waals surface area contributed by atoms with Gasteiger partial charge in [0.2, 0.25) is 0 Å². The van der Waals surface area contributed by atoms with E-state index in [1.807, 2.05) is 91.0 Å². The molecule has 7 nitrogen and oxygen atoms in total. The molecule has 6 atom stereocenters. The van der Waals surface area contributed by atoms with E-state index < -0.39 is 30.3 Å². The van der Waals surface area contributed by atoms with E-state index in [1.54, 1.807) is 4.90 Å². The quantitative estimate of drug-likeness (QED) is 0.428. The molecule has 0 aliphatic carbocycles. The van der Waals surface area contributed by atoms with Gasteiger partial charge in [0.1, 0.15) is 6.10 Å². The van der Waals surface area contributed by atoms with Gasteiger partial charge < -0.3 is 29.3 Å². The second-order valence-corrected chi connectivity index (χ2v) is 10.0. The summed E-state index contributed by atoms with van der Waals surface area (Å²) in [5, 5.41) is 20.9. The molecule has 5 rings (SSSR count). The van der Waals surface area contributed by atoms with Crippen LogP contribution in [0.1, 0.15) is 29.5 Å². The molecule has 2 aliphatic rings. The van der Waals surface area contributed by atoms with Crippen molar-refractivity contribution in [3.63, 3.8) is 0 Å². The van der Waals surface area contributed by atoms with Crippen molar-refractivity contribution in [2.24, 2.45) is 0 Å². The summed E-state index contributed by atoms with van der Waals surface area (Å²) >= 11 is 0. The van der Waals surface area contributed by atoms with E-state index in [1.165, 1.54) is 0 Å². The van der Waals surface area contributed by atoms with Crippen LogP contribution >= 0.6 is 0 Å². The standard InChI is InChI=1S/C31H35NO6/c33-27-16-25-17-28(37-19-23-12-6-2-7-13-23)30(38-20-24-14-8-3-9-15-24)26(32(25)31(35)29(27)34)21-36-18-22-10-4-1-5-11-22/h1-15,25-30,33-34H,16-21H2/t25-,26+,27-,28-,29-,30+/m1/s1. The van der Waals surface area contributed by atoms with Gasteiger partial charge in [-0.05, 0) is 29.5 Å². The molecule has 1 amide bonds. The molecule has 38 heavy (non-hydrogen) atoms. The van der Waals surface area contributed by atoms with Gasteiger partial charge in [0.05, 0.1) is 44.7 Å². The lowest BCUT2D eigenvalue weighted by Crippen LogP contribution is -2.69. The summed E-state index contributed by atoms with van der Waals surface area (Å²) in [6.07, 6.45) is -2.61. The van der Waals surface area contributed by atoms with Gasteiger partial charge in [0.25, 0.3) is 5.91 Å². The monoisotopic (exact) mass is 517 g/mol. The molecular formula is C31H35NO6. The summed E-state index contributed by atoms with van der Waals surface area (Å²) in [4.78, 5) is 15.0. The predicted octanol–water partition coefficient (Wildman–Crippen LogP) is 3.47. The van der Waals surface area contributed by atoms with Crippen LogP contribution in [0.15, 0.2) is 91.0 Å². The van der Waals surface area contributed by atoms with E-state index in [0.29, 0.717) is 26.2 Å². The Balaban J connectivity index is 1.40. The minimum atomic E-state index is -1.46. The van der Waals surface area contributed by atoms with Crippen LogP contribution in [0.3, 0.4) is 0 Å². The molecule has 2 heterocycles. The van der Waals surface area contributed by atoms with Gasteiger partial charge in [0.15, 0.2) is 6.10 Å². The van der Waals surface area contributed by atoms with Crippen molar-refractivity contribution in [2.75, 3.05) is 6.61 Å². The highest BCUT2D eigenvalue weighted by atomic mass is 16.5. The number of carbonyl (C=O) groups excluding carboxylic acids is 1. The van der Waals surface area contributed by atoms with Crippen molar-refractivity contribution >= 4 is 5.91 Å². The van der Waals surface area contributed by atoms with E-state index in [4.69, 9.17) is 14.2 Å². The highest BCUT2D eigenvalue weighted by molar-refractivity contribution is 5.83. The van der Waals surface area contributed by atoms with Crippen LogP contribution in [-0.2, 0) is 38.8 Å². The van der Waals surface area contributed by atoms with E-state index in [0.717, 1.165) is 16.7 Å². The smallest absolute Gasteiger partial charge is 0.254 e. The fourth-order valence-electron chi connectivity index (χ4n) is 5.44. The number of hydrogen-bond acceptors (Lipinski definition) is 6. The zero-order valence-corrected chi connectivity index (χ0v) is 21.3. The Morgan fingerprint density at radius 3 is 1.82 bits per heavy atom. The Morgan fingerprint density at radius 1 is 0.711 bits per heavy atom. The summed E-state index contributed by atoms with van der Waals surface area (Å²) in [7, 11) is 0. The van der Waals surface area contributed by atoms with Crippen LogP contribution in [0.2, 0.25) is 0 Å². The third-order valence-corrected chi connectivity index (χ3v) is 7.38. The second kappa shape index (κ2) is 12.7. The molecule has 200 valence electrons. The van der Waals surface area contributed by atoms with Crippen molar-refractivity contribution in [2.45, 2.75) is 69.2 Å². The first-order valence-corrected chi connectivity index (χ1v) is 13.2. The fraction of sp³-hybridized carbons (Fsp3) is 0.387. The molecule has 0 aromatic heterocycles. The molecule has 2 N–H and O–H groups in total.